The van der Waals surface area contributed by atoms with Gasteiger partial charge in [0.1, 0.15) is 5.75 Å². The summed E-state index contributed by atoms with van der Waals surface area (Å²) in [6.07, 6.45) is 1.74. The predicted octanol–water partition coefficient (Wildman–Crippen LogP) is 2.90. The minimum absolute atomic E-state index is 0.0863. The molecule has 4 heteroatoms. The standard InChI is InChI=1S/C17H21NO2S/c1-20-16-10-6-7-14(11-16)12-18-17(13-21(2)19)15-8-4-3-5-9-15/h3-11,17-18H,12-13H2,1-2H3. The van der Waals surface area contributed by atoms with Crippen LogP contribution in [0, 0.1) is 0 Å². The Kier molecular flexibility index (Phi) is 5.96. The van der Waals surface area contributed by atoms with Gasteiger partial charge in [-0.25, -0.2) is 0 Å². The maximum atomic E-state index is 11.6. The van der Waals surface area contributed by atoms with Crippen molar-refractivity contribution in [2.24, 2.45) is 0 Å². The van der Waals surface area contributed by atoms with Crippen molar-refractivity contribution in [2.75, 3.05) is 19.1 Å². The van der Waals surface area contributed by atoms with E-state index in [2.05, 4.69) is 23.5 Å². The number of rotatable bonds is 7. The maximum Gasteiger partial charge on any atom is 0.119 e. The van der Waals surface area contributed by atoms with Gasteiger partial charge < -0.3 is 10.1 Å². The fourth-order valence-corrected chi connectivity index (χ4v) is 3.00. The molecule has 112 valence electrons. The summed E-state index contributed by atoms with van der Waals surface area (Å²) in [6.45, 7) is 0.716. The van der Waals surface area contributed by atoms with Gasteiger partial charge in [-0.2, -0.15) is 0 Å². The van der Waals surface area contributed by atoms with Gasteiger partial charge in [-0.15, -0.1) is 0 Å². The molecule has 0 aromatic heterocycles. The summed E-state index contributed by atoms with van der Waals surface area (Å²) >= 11 is 0. The van der Waals surface area contributed by atoms with Crippen molar-refractivity contribution in [1.82, 2.24) is 5.32 Å². The minimum Gasteiger partial charge on any atom is -0.497 e. The highest BCUT2D eigenvalue weighted by Gasteiger charge is 2.12. The molecule has 2 unspecified atom stereocenters. The molecule has 0 spiro atoms. The van der Waals surface area contributed by atoms with Gasteiger partial charge in [-0.3, -0.25) is 4.21 Å². The summed E-state index contributed by atoms with van der Waals surface area (Å²) in [5.41, 5.74) is 2.31. The van der Waals surface area contributed by atoms with E-state index in [1.54, 1.807) is 13.4 Å². The lowest BCUT2D eigenvalue weighted by molar-refractivity contribution is 0.414. The highest BCUT2D eigenvalue weighted by atomic mass is 32.2. The summed E-state index contributed by atoms with van der Waals surface area (Å²) in [7, 11) is 0.819. The summed E-state index contributed by atoms with van der Waals surface area (Å²) < 4.78 is 16.8. The van der Waals surface area contributed by atoms with Gasteiger partial charge in [0.15, 0.2) is 0 Å². The second-order valence-electron chi connectivity index (χ2n) is 4.94. The van der Waals surface area contributed by atoms with Crippen LogP contribution in [0.2, 0.25) is 0 Å². The Hall–Kier alpha value is -1.65. The van der Waals surface area contributed by atoms with Crippen LogP contribution in [0.1, 0.15) is 17.2 Å². The first kappa shape index (κ1) is 15.7. The number of hydrogen-bond acceptors (Lipinski definition) is 3. The predicted molar refractivity (Wildman–Crippen MR) is 88.0 cm³/mol. The normalized spacial score (nSPS) is 13.6. The van der Waals surface area contributed by atoms with E-state index in [0.717, 1.165) is 16.9 Å². The molecule has 0 radical (unpaired) electrons. The molecule has 0 heterocycles. The lowest BCUT2D eigenvalue weighted by atomic mass is 10.1. The summed E-state index contributed by atoms with van der Waals surface area (Å²) in [5, 5.41) is 3.49. The Balaban J connectivity index is 2.06. The largest absolute Gasteiger partial charge is 0.497 e. The Morgan fingerprint density at radius 1 is 1.14 bits per heavy atom. The third kappa shape index (κ3) is 4.99. The fourth-order valence-electron chi connectivity index (χ4n) is 2.22. The third-order valence-corrected chi connectivity index (χ3v) is 4.09. The molecule has 0 bridgehead atoms. The molecule has 2 rings (SSSR count). The van der Waals surface area contributed by atoms with Gasteiger partial charge >= 0.3 is 0 Å². The first-order valence-corrected chi connectivity index (χ1v) is 8.63. The van der Waals surface area contributed by atoms with Crippen molar-refractivity contribution in [2.45, 2.75) is 12.6 Å². The molecule has 2 aromatic carbocycles. The van der Waals surface area contributed by atoms with E-state index < -0.39 is 10.8 Å². The van der Waals surface area contributed by atoms with Crippen LogP contribution in [0.5, 0.6) is 5.75 Å². The molecule has 21 heavy (non-hydrogen) atoms. The Morgan fingerprint density at radius 2 is 1.90 bits per heavy atom. The second-order valence-corrected chi connectivity index (χ2v) is 6.42. The van der Waals surface area contributed by atoms with Crippen molar-refractivity contribution < 1.29 is 8.95 Å². The van der Waals surface area contributed by atoms with Gasteiger partial charge in [-0.05, 0) is 23.3 Å². The molecule has 0 saturated carbocycles. The van der Waals surface area contributed by atoms with Crippen LogP contribution in [-0.4, -0.2) is 23.3 Å². The molecule has 0 aliphatic carbocycles. The van der Waals surface area contributed by atoms with E-state index in [1.165, 1.54) is 0 Å². The number of nitrogens with one attached hydrogen (secondary N) is 1. The Morgan fingerprint density at radius 3 is 2.57 bits per heavy atom. The van der Waals surface area contributed by atoms with Crippen LogP contribution < -0.4 is 10.1 Å². The Labute approximate surface area is 128 Å². The van der Waals surface area contributed by atoms with Crippen molar-refractivity contribution in [1.29, 1.82) is 0 Å². The smallest absolute Gasteiger partial charge is 0.119 e. The van der Waals surface area contributed by atoms with E-state index in [9.17, 15) is 4.21 Å². The SMILES string of the molecule is COc1cccc(CNC(CS(C)=O)c2ccccc2)c1. The van der Waals surface area contributed by atoms with Gasteiger partial charge in [0.05, 0.1) is 7.11 Å². The lowest BCUT2D eigenvalue weighted by Crippen LogP contribution is -2.25. The zero-order chi connectivity index (χ0) is 15.1. The molecular formula is C17H21NO2S. The van der Waals surface area contributed by atoms with Gasteiger partial charge in [0.2, 0.25) is 0 Å². The second kappa shape index (κ2) is 7.96. The van der Waals surface area contributed by atoms with E-state index in [4.69, 9.17) is 4.74 Å². The number of benzene rings is 2. The average Bonchev–Trinajstić information content (AvgIpc) is 2.52. The van der Waals surface area contributed by atoms with E-state index in [1.807, 2.05) is 36.4 Å². The fraction of sp³-hybridized carbons (Fsp3) is 0.294. The molecular weight excluding hydrogens is 282 g/mol. The highest BCUT2D eigenvalue weighted by molar-refractivity contribution is 7.84. The van der Waals surface area contributed by atoms with Crippen LogP contribution in [0.4, 0.5) is 0 Å². The number of ether oxygens (including phenoxy) is 1. The van der Waals surface area contributed by atoms with Crippen LogP contribution in [0.15, 0.2) is 54.6 Å². The summed E-state index contributed by atoms with van der Waals surface area (Å²) in [4.78, 5) is 0. The van der Waals surface area contributed by atoms with E-state index in [-0.39, 0.29) is 6.04 Å². The quantitative estimate of drug-likeness (QED) is 0.855. The van der Waals surface area contributed by atoms with Crippen molar-refractivity contribution in [3.8, 4) is 5.75 Å². The molecule has 0 fully saturated rings. The minimum atomic E-state index is -0.847. The summed E-state index contributed by atoms with van der Waals surface area (Å²) in [6, 6.07) is 18.2. The molecule has 2 aromatic rings. The van der Waals surface area contributed by atoms with Crippen LogP contribution in [-0.2, 0) is 17.3 Å². The zero-order valence-electron chi connectivity index (χ0n) is 12.4. The van der Waals surface area contributed by atoms with Crippen LogP contribution in [0.3, 0.4) is 0 Å². The molecule has 0 aliphatic heterocycles. The van der Waals surface area contributed by atoms with E-state index in [0.29, 0.717) is 12.3 Å². The monoisotopic (exact) mass is 303 g/mol. The number of methoxy groups -OCH3 is 1. The maximum absolute atomic E-state index is 11.6. The first-order chi connectivity index (χ1) is 10.2. The van der Waals surface area contributed by atoms with Crippen molar-refractivity contribution in [3.63, 3.8) is 0 Å². The zero-order valence-corrected chi connectivity index (χ0v) is 13.2. The van der Waals surface area contributed by atoms with E-state index >= 15 is 0 Å². The molecule has 1 N–H and O–H groups in total. The molecule has 2 atom stereocenters. The highest BCUT2D eigenvalue weighted by Crippen LogP contribution is 2.16. The molecule has 0 amide bonds. The summed E-state index contributed by atoms with van der Waals surface area (Å²) in [5.74, 6) is 1.46. The first-order valence-electron chi connectivity index (χ1n) is 6.90. The van der Waals surface area contributed by atoms with Crippen molar-refractivity contribution in [3.05, 3.63) is 65.7 Å². The molecule has 0 aliphatic rings. The van der Waals surface area contributed by atoms with Gasteiger partial charge in [0.25, 0.3) is 0 Å². The topological polar surface area (TPSA) is 38.3 Å². The lowest BCUT2D eigenvalue weighted by Gasteiger charge is -2.18. The molecule has 3 nitrogen and oxygen atoms in total. The van der Waals surface area contributed by atoms with Gasteiger partial charge in [-0.1, -0.05) is 42.5 Å². The molecule has 0 saturated heterocycles. The van der Waals surface area contributed by atoms with Crippen LogP contribution in [0.25, 0.3) is 0 Å². The van der Waals surface area contributed by atoms with Crippen molar-refractivity contribution >= 4 is 10.8 Å². The average molecular weight is 303 g/mol. The Bertz CT molecular complexity index is 586. The van der Waals surface area contributed by atoms with Gasteiger partial charge in [0, 0.05) is 35.4 Å². The third-order valence-electron chi connectivity index (χ3n) is 3.29. The number of hydrogen-bond donors (Lipinski definition) is 1. The van der Waals surface area contributed by atoms with Crippen LogP contribution >= 0.6 is 0 Å².